The van der Waals surface area contributed by atoms with Crippen LogP contribution in [0.25, 0.3) is 5.76 Å². The molecule has 0 aliphatic carbocycles. The van der Waals surface area contributed by atoms with Gasteiger partial charge >= 0.3 is 0 Å². The summed E-state index contributed by atoms with van der Waals surface area (Å²) in [6.07, 6.45) is -0.0185. The third kappa shape index (κ3) is 5.88. The number of Topliss-reactive ketones (excluding diaryl/α,β-unsaturated/α-hetero) is 1. The fraction of sp³-hybridized carbons (Fsp3) is 0.467. The molecule has 1 atom stereocenters. The van der Waals surface area contributed by atoms with Gasteiger partial charge in [0.2, 0.25) is 5.75 Å². The van der Waals surface area contributed by atoms with Crippen molar-refractivity contribution in [2.24, 2.45) is 0 Å². The molecule has 2 aliphatic rings. The zero-order chi connectivity index (χ0) is 29.0. The van der Waals surface area contributed by atoms with Gasteiger partial charge in [-0.2, -0.15) is 0 Å². The van der Waals surface area contributed by atoms with Crippen LogP contribution < -0.4 is 18.9 Å². The Morgan fingerprint density at radius 3 is 2.17 bits per heavy atom. The zero-order valence-corrected chi connectivity index (χ0v) is 24.0. The van der Waals surface area contributed by atoms with Crippen molar-refractivity contribution < 1.29 is 38.4 Å². The average Bonchev–Trinajstić information content (AvgIpc) is 3.21. The number of hydrogen-bond donors (Lipinski definition) is 1. The summed E-state index contributed by atoms with van der Waals surface area (Å²) in [5, 5.41) is 11.6. The predicted octanol–water partition coefficient (Wildman–Crippen LogP) is 3.56. The number of likely N-dealkylation sites (tertiary alicyclic amines) is 1. The number of hydrogen-bond acceptors (Lipinski definition) is 9. The van der Waals surface area contributed by atoms with Crippen LogP contribution in [0.3, 0.4) is 0 Å². The first-order chi connectivity index (χ1) is 19.2. The van der Waals surface area contributed by atoms with E-state index in [0.29, 0.717) is 53.9 Å². The minimum Gasteiger partial charge on any atom is -0.507 e. The van der Waals surface area contributed by atoms with Gasteiger partial charge in [0.15, 0.2) is 11.5 Å². The van der Waals surface area contributed by atoms with Crippen LogP contribution in [-0.2, 0) is 14.3 Å². The molecule has 2 saturated heterocycles. The molecular formula is C30H38N2O8. The molecule has 2 aliphatic heterocycles. The number of aliphatic hydroxyl groups is 1. The predicted molar refractivity (Wildman–Crippen MR) is 149 cm³/mol. The quantitative estimate of drug-likeness (QED) is 0.268. The Labute approximate surface area is 235 Å². The van der Waals surface area contributed by atoms with Crippen molar-refractivity contribution in [3.8, 4) is 23.0 Å². The first-order valence-corrected chi connectivity index (χ1v) is 13.4. The van der Waals surface area contributed by atoms with E-state index in [1.807, 2.05) is 20.8 Å². The lowest BCUT2D eigenvalue weighted by Crippen LogP contribution is -2.42. The van der Waals surface area contributed by atoms with E-state index in [2.05, 4.69) is 4.90 Å². The summed E-state index contributed by atoms with van der Waals surface area (Å²) >= 11 is 0. The van der Waals surface area contributed by atoms with Crippen LogP contribution in [0.1, 0.15) is 36.6 Å². The number of morpholine rings is 1. The van der Waals surface area contributed by atoms with Gasteiger partial charge in [0.05, 0.1) is 52.3 Å². The van der Waals surface area contributed by atoms with E-state index in [9.17, 15) is 14.7 Å². The Morgan fingerprint density at radius 1 is 0.975 bits per heavy atom. The van der Waals surface area contributed by atoms with Gasteiger partial charge in [0.1, 0.15) is 11.5 Å². The van der Waals surface area contributed by atoms with Gasteiger partial charge in [-0.15, -0.1) is 0 Å². The van der Waals surface area contributed by atoms with Gasteiger partial charge in [0.25, 0.3) is 11.7 Å². The van der Waals surface area contributed by atoms with Crippen molar-refractivity contribution in [3.05, 3.63) is 52.6 Å². The number of carbonyl (C=O) groups excluding carboxylic acids is 2. The largest absolute Gasteiger partial charge is 0.507 e. The summed E-state index contributed by atoms with van der Waals surface area (Å²) in [6, 6.07) is 7.73. The molecule has 40 heavy (non-hydrogen) atoms. The van der Waals surface area contributed by atoms with Crippen LogP contribution in [0, 0.1) is 6.92 Å². The van der Waals surface area contributed by atoms with Crippen LogP contribution in [-0.4, -0.2) is 93.4 Å². The number of nitrogens with zero attached hydrogens (tertiary/aromatic N) is 2. The maximum Gasteiger partial charge on any atom is 0.295 e. The van der Waals surface area contributed by atoms with Crippen molar-refractivity contribution in [2.75, 3.05) is 60.7 Å². The first-order valence-electron chi connectivity index (χ1n) is 13.4. The Balaban J connectivity index is 1.83. The topological polar surface area (TPSA) is 107 Å². The number of ether oxygens (including phenoxy) is 5. The van der Waals surface area contributed by atoms with E-state index in [0.717, 1.165) is 18.7 Å². The molecule has 0 aromatic heterocycles. The van der Waals surface area contributed by atoms with Gasteiger partial charge in [-0.05, 0) is 62.2 Å². The van der Waals surface area contributed by atoms with Gasteiger partial charge < -0.3 is 33.7 Å². The molecular weight excluding hydrogens is 516 g/mol. The molecule has 1 N–H and O–H groups in total. The van der Waals surface area contributed by atoms with Crippen LogP contribution in [0.15, 0.2) is 35.9 Å². The van der Waals surface area contributed by atoms with E-state index in [1.54, 1.807) is 30.3 Å². The summed E-state index contributed by atoms with van der Waals surface area (Å²) in [6.45, 7) is 9.28. The number of amides is 1. The third-order valence-corrected chi connectivity index (χ3v) is 7.11. The number of rotatable bonds is 10. The Bertz CT molecular complexity index is 1260. The maximum absolute atomic E-state index is 13.5. The minimum absolute atomic E-state index is 0.00169. The van der Waals surface area contributed by atoms with E-state index in [4.69, 9.17) is 23.7 Å². The summed E-state index contributed by atoms with van der Waals surface area (Å²) in [7, 11) is 4.50. The molecule has 2 aromatic carbocycles. The van der Waals surface area contributed by atoms with Gasteiger partial charge in [0, 0.05) is 31.7 Å². The van der Waals surface area contributed by atoms with Crippen LogP contribution in [0.4, 0.5) is 0 Å². The Kier molecular flexibility index (Phi) is 9.21. The molecule has 2 fully saturated rings. The molecule has 0 saturated carbocycles. The fourth-order valence-electron chi connectivity index (χ4n) is 5.13. The van der Waals surface area contributed by atoms with E-state index >= 15 is 0 Å². The number of ketones is 1. The van der Waals surface area contributed by atoms with Crippen molar-refractivity contribution in [1.29, 1.82) is 0 Å². The minimum atomic E-state index is -0.873. The lowest BCUT2D eigenvalue weighted by Gasteiger charge is -2.31. The van der Waals surface area contributed by atoms with Crippen molar-refractivity contribution in [1.82, 2.24) is 9.80 Å². The summed E-state index contributed by atoms with van der Waals surface area (Å²) in [5.41, 5.74) is 1.76. The molecule has 4 rings (SSSR count). The van der Waals surface area contributed by atoms with Gasteiger partial charge in [-0.1, -0.05) is 0 Å². The summed E-state index contributed by atoms with van der Waals surface area (Å²) < 4.78 is 27.9. The van der Waals surface area contributed by atoms with Gasteiger partial charge in [-0.3, -0.25) is 14.5 Å². The van der Waals surface area contributed by atoms with E-state index < -0.39 is 17.7 Å². The number of aryl methyl sites for hydroxylation is 1. The second kappa shape index (κ2) is 12.6. The third-order valence-electron chi connectivity index (χ3n) is 7.11. The second-order valence-corrected chi connectivity index (χ2v) is 10.1. The molecule has 10 nitrogen and oxygen atoms in total. The van der Waals surface area contributed by atoms with Crippen LogP contribution >= 0.6 is 0 Å². The highest BCUT2D eigenvalue weighted by molar-refractivity contribution is 6.46. The Hall–Kier alpha value is -3.76. The number of benzene rings is 2. The molecule has 2 aromatic rings. The Morgan fingerprint density at radius 2 is 1.62 bits per heavy atom. The van der Waals surface area contributed by atoms with E-state index in [1.165, 1.54) is 26.2 Å². The van der Waals surface area contributed by atoms with Crippen molar-refractivity contribution >= 4 is 17.4 Å². The van der Waals surface area contributed by atoms with Crippen molar-refractivity contribution in [3.63, 3.8) is 0 Å². The second-order valence-electron chi connectivity index (χ2n) is 10.1. The molecule has 0 spiro atoms. The lowest BCUT2D eigenvalue weighted by atomic mass is 9.94. The van der Waals surface area contributed by atoms with Crippen LogP contribution in [0.2, 0.25) is 0 Å². The highest BCUT2D eigenvalue weighted by Crippen LogP contribution is 2.45. The number of aliphatic hydroxyl groups excluding tert-OH is 1. The average molecular weight is 555 g/mol. The van der Waals surface area contributed by atoms with Crippen molar-refractivity contribution in [2.45, 2.75) is 32.9 Å². The monoisotopic (exact) mass is 554 g/mol. The van der Waals surface area contributed by atoms with Crippen LogP contribution in [0.5, 0.6) is 23.0 Å². The summed E-state index contributed by atoms with van der Waals surface area (Å²) in [5.74, 6) is 0.131. The standard InChI is InChI=1S/C30H38N2O8/c1-18(2)40-22-8-7-20(15-19(22)3)27(33)25-26(21-16-23(36-4)29(38-6)24(17-21)37-5)32(30(35)28(25)34)10-9-31-11-13-39-14-12-31/h7-8,15-18,26,33H,9-14H2,1-6H3. The molecule has 216 valence electrons. The molecule has 2 heterocycles. The fourth-order valence-corrected chi connectivity index (χ4v) is 5.13. The first kappa shape index (κ1) is 29.2. The summed E-state index contributed by atoms with van der Waals surface area (Å²) in [4.78, 5) is 30.7. The molecule has 1 amide bonds. The molecule has 1 unspecified atom stereocenters. The highest BCUT2D eigenvalue weighted by Gasteiger charge is 2.46. The number of methoxy groups -OCH3 is 3. The molecule has 10 heteroatoms. The highest BCUT2D eigenvalue weighted by atomic mass is 16.5. The van der Waals surface area contributed by atoms with Gasteiger partial charge in [-0.25, -0.2) is 0 Å². The zero-order valence-electron chi connectivity index (χ0n) is 24.0. The normalized spacial score (nSPS) is 19.3. The molecule has 0 bridgehead atoms. The number of carbonyl (C=O) groups is 2. The lowest BCUT2D eigenvalue weighted by molar-refractivity contribution is -0.140. The molecule has 0 radical (unpaired) electrons. The van der Waals surface area contributed by atoms with E-state index in [-0.39, 0.29) is 24.0 Å². The maximum atomic E-state index is 13.5. The SMILES string of the molecule is COc1cc(C2C(=C(O)c3ccc(OC(C)C)c(C)c3)C(=O)C(=O)N2CCN2CCOCC2)cc(OC)c1OC. The smallest absolute Gasteiger partial charge is 0.295 e.